The summed E-state index contributed by atoms with van der Waals surface area (Å²) < 4.78 is 16.9. The molecule has 0 rings (SSSR count). The molecule has 0 aromatic heterocycles. The van der Waals surface area contributed by atoms with Gasteiger partial charge in [0.1, 0.15) is 13.2 Å². The molecule has 0 fully saturated rings. The number of carbonyl (C=O) groups excluding carboxylic acids is 3. The van der Waals surface area contributed by atoms with Crippen LogP contribution < -0.4 is 0 Å². The molecule has 1 atom stereocenters. The van der Waals surface area contributed by atoms with Gasteiger partial charge in [-0.2, -0.15) is 0 Å². The molecule has 0 aromatic carbocycles. The molecule has 0 amide bonds. The maximum Gasteiger partial charge on any atom is 0.306 e. The molecule has 0 radical (unpaired) electrons. The minimum absolute atomic E-state index is 0.0844. The summed E-state index contributed by atoms with van der Waals surface area (Å²) in [5, 5.41) is 0. The van der Waals surface area contributed by atoms with Crippen LogP contribution in [0, 0.1) is 0 Å². The number of hydrogen-bond acceptors (Lipinski definition) is 6. The third-order valence-corrected chi connectivity index (χ3v) is 13.5. The average molecular weight is 994 g/mol. The van der Waals surface area contributed by atoms with Crippen LogP contribution in [0.5, 0.6) is 0 Å². The lowest BCUT2D eigenvalue weighted by atomic mass is 10.1. The maximum atomic E-state index is 12.9. The van der Waals surface area contributed by atoms with Crippen LogP contribution in [0.3, 0.4) is 0 Å². The highest BCUT2D eigenvalue weighted by molar-refractivity contribution is 5.71. The smallest absolute Gasteiger partial charge is 0.306 e. The van der Waals surface area contributed by atoms with E-state index in [1.807, 2.05) is 0 Å². The molecule has 0 heterocycles. The van der Waals surface area contributed by atoms with Crippen LogP contribution in [-0.2, 0) is 28.6 Å². The fraction of sp³-hybridized carbons (Fsp3) is 0.800. The van der Waals surface area contributed by atoms with Gasteiger partial charge in [-0.25, -0.2) is 0 Å². The average Bonchev–Trinajstić information content (AvgIpc) is 3.37. The first-order valence-electron chi connectivity index (χ1n) is 30.8. The maximum absolute atomic E-state index is 12.9. The SMILES string of the molecule is CCCCCC/C=C\C/C=C\CCCCCCCC(=O)OCC(COC(=O)CCCCCCCCCCC/C=C\CCCCCCCCCC)OC(=O)CCCCCCC/C=C\C/C=C\CCCCCC. The van der Waals surface area contributed by atoms with Crippen LogP contribution >= 0.6 is 0 Å². The van der Waals surface area contributed by atoms with E-state index in [2.05, 4.69) is 81.5 Å². The summed E-state index contributed by atoms with van der Waals surface area (Å²) in [6.07, 6.45) is 75.0. The van der Waals surface area contributed by atoms with Crippen molar-refractivity contribution in [1.82, 2.24) is 0 Å². The molecular weight excluding hydrogens is 877 g/mol. The van der Waals surface area contributed by atoms with E-state index in [1.165, 1.54) is 173 Å². The highest BCUT2D eigenvalue weighted by Gasteiger charge is 2.19. The number of hydrogen-bond donors (Lipinski definition) is 0. The summed E-state index contributed by atoms with van der Waals surface area (Å²) in [4.78, 5) is 38.2. The Bertz CT molecular complexity index is 1280. The van der Waals surface area contributed by atoms with E-state index in [4.69, 9.17) is 14.2 Å². The van der Waals surface area contributed by atoms with Gasteiger partial charge >= 0.3 is 17.9 Å². The van der Waals surface area contributed by atoms with Crippen molar-refractivity contribution in [2.75, 3.05) is 13.2 Å². The van der Waals surface area contributed by atoms with Crippen LogP contribution in [0.1, 0.15) is 316 Å². The van der Waals surface area contributed by atoms with Crippen molar-refractivity contribution in [3.63, 3.8) is 0 Å². The Hall–Kier alpha value is -2.89. The molecule has 0 spiro atoms. The number of ether oxygens (including phenoxy) is 3. The Balaban J connectivity index is 4.38. The number of unbranched alkanes of at least 4 members (excludes halogenated alkanes) is 35. The standard InChI is InChI=1S/C65H116O6/c1-4-7-10-13-16-19-22-25-28-31-32-33-34-35-38-40-43-46-49-52-55-58-64(67)70-61-62(71-65(68)59-56-53-50-47-44-41-37-30-27-24-21-18-15-12-9-6-3)60-69-63(66)57-54-51-48-45-42-39-36-29-26-23-20-17-14-11-8-5-2/h20-21,23-24,29-32,36-37,62H,4-19,22,25-28,33-35,38-61H2,1-3H3/b23-20-,24-21-,32-31-,36-29-,37-30-. The van der Waals surface area contributed by atoms with E-state index in [0.717, 1.165) is 103 Å². The monoisotopic (exact) mass is 993 g/mol. The molecule has 0 saturated carbocycles. The van der Waals surface area contributed by atoms with E-state index in [9.17, 15) is 14.4 Å². The first-order chi connectivity index (χ1) is 35.0. The Labute approximate surface area is 440 Å². The van der Waals surface area contributed by atoms with Gasteiger partial charge in [-0.3, -0.25) is 14.4 Å². The third kappa shape index (κ3) is 57.9. The van der Waals surface area contributed by atoms with Gasteiger partial charge in [0.2, 0.25) is 0 Å². The highest BCUT2D eigenvalue weighted by atomic mass is 16.6. The van der Waals surface area contributed by atoms with Crippen molar-refractivity contribution in [2.45, 2.75) is 322 Å². The van der Waals surface area contributed by atoms with Gasteiger partial charge in [0.25, 0.3) is 0 Å². The Kier molecular flexibility index (Phi) is 57.2. The summed E-state index contributed by atoms with van der Waals surface area (Å²) in [6.45, 7) is 6.61. The molecule has 6 heteroatoms. The van der Waals surface area contributed by atoms with Crippen molar-refractivity contribution >= 4 is 17.9 Å². The van der Waals surface area contributed by atoms with Crippen LogP contribution in [0.25, 0.3) is 0 Å². The van der Waals surface area contributed by atoms with Gasteiger partial charge in [-0.05, 0) is 109 Å². The minimum atomic E-state index is -0.789. The van der Waals surface area contributed by atoms with E-state index in [0.29, 0.717) is 19.3 Å². The minimum Gasteiger partial charge on any atom is -0.462 e. The summed E-state index contributed by atoms with van der Waals surface area (Å²) in [5.41, 5.74) is 0. The second-order valence-corrected chi connectivity index (χ2v) is 20.6. The highest BCUT2D eigenvalue weighted by Crippen LogP contribution is 2.16. The predicted molar refractivity (Wildman–Crippen MR) is 307 cm³/mol. The van der Waals surface area contributed by atoms with E-state index in [1.54, 1.807) is 0 Å². The van der Waals surface area contributed by atoms with Crippen LogP contribution in [-0.4, -0.2) is 37.2 Å². The molecule has 412 valence electrons. The van der Waals surface area contributed by atoms with Crippen molar-refractivity contribution in [3.8, 4) is 0 Å². The first kappa shape index (κ1) is 68.1. The van der Waals surface area contributed by atoms with Gasteiger partial charge in [0, 0.05) is 19.3 Å². The van der Waals surface area contributed by atoms with E-state index in [-0.39, 0.29) is 31.1 Å². The second kappa shape index (κ2) is 59.7. The number of esters is 3. The molecule has 0 aliphatic rings. The molecule has 1 unspecified atom stereocenters. The summed E-state index contributed by atoms with van der Waals surface area (Å²) in [5.74, 6) is -0.901. The predicted octanol–water partition coefficient (Wildman–Crippen LogP) is 20.8. The summed E-state index contributed by atoms with van der Waals surface area (Å²) >= 11 is 0. The van der Waals surface area contributed by atoms with Crippen molar-refractivity contribution in [1.29, 1.82) is 0 Å². The molecular formula is C65H116O6. The number of carbonyl (C=O) groups is 3. The lowest BCUT2D eigenvalue weighted by Crippen LogP contribution is -2.30. The molecule has 0 bridgehead atoms. The molecule has 0 aliphatic carbocycles. The van der Waals surface area contributed by atoms with Crippen LogP contribution in [0.15, 0.2) is 60.8 Å². The van der Waals surface area contributed by atoms with Crippen LogP contribution in [0.4, 0.5) is 0 Å². The van der Waals surface area contributed by atoms with Crippen LogP contribution in [0.2, 0.25) is 0 Å². The fourth-order valence-corrected chi connectivity index (χ4v) is 8.79. The molecule has 0 aromatic rings. The zero-order valence-electron chi connectivity index (χ0n) is 47.2. The topological polar surface area (TPSA) is 78.9 Å². The normalized spacial score (nSPS) is 12.4. The summed E-state index contributed by atoms with van der Waals surface area (Å²) in [7, 11) is 0. The van der Waals surface area contributed by atoms with Crippen molar-refractivity contribution < 1.29 is 28.6 Å². The number of allylic oxidation sites excluding steroid dienone is 10. The van der Waals surface area contributed by atoms with E-state index >= 15 is 0 Å². The zero-order chi connectivity index (χ0) is 51.4. The largest absolute Gasteiger partial charge is 0.462 e. The lowest BCUT2D eigenvalue weighted by molar-refractivity contribution is -0.167. The molecule has 6 nitrogen and oxygen atoms in total. The Morgan fingerprint density at radius 2 is 0.507 bits per heavy atom. The lowest BCUT2D eigenvalue weighted by Gasteiger charge is -2.18. The Morgan fingerprint density at radius 1 is 0.282 bits per heavy atom. The fourth-order valence-electron chi connectivity index (χ4n) is 8.79. The molecule has 71 heavy (non-hydrogen) atoms. The van der Waals surface area contributed by atoms with Gasteiger partial charge in [0.05, 0.1) is 0 Å². The molecule has 0 N–H and O–H groups in total. The third-order valence-electron chi connectivity index (χ3n) is 13.5. The zero-order valence-corrected chi connectivity index (χ0v) is 47.2. The number of rotatable bonds is 56. The Morgan fingerprint density at radius 3 is 0.803 bits per heavy atom. The first-order valence-corrected chi connectivity index (χ1v) is 30.8. The summed E-state index contributed by atoms with van der Waals surface area (Å²) in [6, 6.07) is 0. The van der Waals surface area contributed by atoms with Crippen molar-refractivity contribution in [3.05, 3.63) is 60.8 Å². The molecule has 0 aliphatic heterocycles. The van der Waals surface area contributed by atoms with E-state index < -0.39 is 6.10 Å². The molecule has 0 saturated heterocycles. The van der Waals surface area contributed by atoms with Gasteiger partial charge < -0.3 is 14.2 Å². The van der Waals surface area contributed by atoms with Crippen molar-refractivity contribution in [2.24, 2.45) is 0 Å². The van der Waals surface area contributed by atoms with Gasteiger partial charge in [-0.1, -0.05) is 248 Å². The second-order valence-electron chi connectivity index (χ2n) is 20.6. The van der Waals surface area contributed by atoms with Gasteiger partial charge in [-0.15, -0.1) is 0 Å². The van der Waals surface area contributed by atoms with Gasteiger partial charge in [0.15, 0.2) is 6.10 Å². The quantitative estimate of drug-likeness (QED) is 0.0261.